The van der Waals surface area contributed by atoms with Crippen LogP contribution in [0, 0.1) is 5.92 Å². The first kappa shape index (κ1) is 16.2. The summed E-state index contributed by atoms with van der Waals surface area (Å²) in [6.07, 6.45) is 1.75. The number of primary amides is 1. The number of hydrogen-bond donors (Lipinski definition) is 3. The Morgan fingerprint density at radius 3 is 2.45 bits per heavy atom. The third-order valence-electron chi connectivity index (χ3n) is 2.92. The highest BCUT2D eigenvalue weighted by Gasteiger charge is 2.20. The van der Waals surface area contributed by atoms with Gasteiger partial charge < -0.3 is 16.4 Å². The lowest BCUT2D eigenvalue weighted by Gasteiger charge is -2.20. The van der Waals surface area contributed by atoms with E-state index in [9.17, 15) is 4.79 Å². The van der Waals surface area contributed by atoms with Crippen molar-refractivity contribution in [2.24, 2.45) is 11.7 Å². The van der Waals surface area contributed by atoms with Gasteiger partial charge in [0.1, 0.15) is 23.5 Å². The molecule has 1 aromatic rings. The monoisotopic (exact) mass is 279 g/mol. The number of aromatic nitrogens is 2. The van der Waals surface area contributed by atoms with Crippen LogP contribution in [0.5, 0.6) is 0 Å². The van der Waals surface area contributed by atoms with Crippen molar-refractivity contribution < 1.29 is 4.79 Å². The summed E-state index contributed by atoms with van der Waals surface area (Å²) in [6, 6.07) is 1.38. The minimum atomic E-state index is -0.436. The fraction of sp³-hybridized carbons (Fsp3) is 0.643. The van der Waals surface area contributed by atoms with Crippen molar-refractivity contribution in [1.82, 2.24) is 9.97 Å². The molecule has 0 aromatic carbocycles. The van der Waals surface area contributed by atoms with Crippen molar-refractivity contribution in [2.45, 2.75) is 46.6 Å². The van der Waals surface area contributed by atoms with Crippen LogP contribution in [-0.4, -0.2) is 28.5 Å². The van der Waals surface area contributed by atoms with Crippen LogP contribution in [0.3, 0.4) is 0 Å². The second-order valence-corrected chi connectivity index (χ2v) is 5.10. The fourth-order valence-corrected chi connectivity index (χ4v) is 1.80. The van der Waals surface area contributed by atoms with Crippen LogP contribution >= 0.6 is 0 Å². The standard InChI is InChI=1S/C14H25N5O/c1-5-7-16-11-8-12(18-10(6-2)17-11)19-13(9(3)4)14(15)20/h8-9,13H,5-7H2,1-4H3,(H2,15,20)(H2,16,17,18,19). The largest absolute Gasteiger partial charge is 0.370 e. The average molecular weight is 279 g/mol. The smallest absolute Gasteiger partial charge is 0.240 e. The van der Waals surface area contributed by atoms with Gasteiger partial charge in [-0.25, -0.2) is 9.97 Å². The van der Waals surface area contributed by atoms with Gasteiger partial charge in [-0.2, -0.15) is 0 Å². The van der Waals surface area contributed by atoms with Gasteiger partial charge in [-0.3, -0.25) is 4.79 Å². The number of carbonyl (C=O) groups is 1. The summed E-state index contributed by atoms with van der Waals surface area (Å²) in [4.78, 5) is 20.3. The lowest BCUT2D eigenvalue weighted by Crippen LogP contribution is -2.39. The van der Waals surface area contributed by atoms with Gasteiger partial charge in [-0.1, -0.05) is 27.7 Å². The van der Waals surface area contributed by atoms with Crippen molar-refractivity contribution in [3.63, 3.8) is 0 Å². The van der Waals surface area contributed by atoms with E-state index < -0.39 is 6.04 Å². The summed E-state index contributed by atoms with van der Waals surface area (Å²) in [5.41, 5.74) is 5.41. The summed E-state index contributed by atoms with van der Waals surface area (Å²) in [6.45, 7) is 8.83. The van der Waals surface area contributed by atoms with Gasteiger partial charge in [0.25, 0.3) is 0 Å². The maximum absolute atomic E-state index is 11.5. The molecular weight excluding hydrogens is 254 g/mol. The van der Waals surface area contributed by atoms with Crippen LogP contribution in [0.4, 0.5) is 11.6 Å². The predicted molar refractivity (Wildman–Crippen MR) is 81.6 cm³/mol. The molecule has 1 heterocycles. The number of nitrogens with two attached hydrogens (primary N) is 1. The van der Waals surface area contributed by atoms with Gasteiger partial charge in [0, 0.05) is 19.0 Å². The molecule has 20 heavy (non-hydrogen) atoms. The highest BCUT2D eigenvalue weighted by molar-refractivity contribution is 5.83. The number of hydrogen-bond acceptors (Lipinski definition) is 5. The molecule has 0 bridgehead atoms. The molecule has 1 rings (SSSR count). The second-order valence-electron chi connectivity index (χ2n) is 5.10. The molecule has 0 aliphatic rings. The zero-order chi connectivity index (χ0) is 15.1. The van der Waals surface area contributed by atoms with E-state index in [2.05, 4.69) is 27.5 Å². The molecule has 0 radical (unpaired) electrons. The summed E-state index contributed by atoms with van der Waals surface area (Å²) in [5.74, 6) is 1.86. The van der Waals surface area contributed by atoms with Crippen LogP contribution in [0.1, 0.15) is 39.9 Å². The first-order valence-electron chi connectivity index (χ1n) is 7.15. The van der Waals surface area contributed by atoms with Gasteiger partial charge in [0.05, 0.1) is 0 Å². The van der Waals surface area contributed by atoms with Crippen molar-refractivity contribution in [1.29, 1.82) is 0 Å². The molecule has 0 aliphatic carbocycles. The molecule has 112 valence electrons. The summed E-state index contributed by atoms with van der Waals surface area (Å²) < 4.78 is 0. The topological polar surface area (TPSA) is 92.9 Å². The van der Waals surface area contributed by atoms with Crippen LogP contribution in [0.15, 0.2) is 6.07 Å². The van der Waals surface area contributed by atoms with E-state index in [0.717, 1.165) is 31.0 Å². The molecule has 0 fully saturated rings. The Balaban J connectivity index is 2.95. The molecule has 1 atom stereocenters. The van der Waals surface area contributed by atoms with E-state index in [-0.39, 0.29) is 11.8 Å². The van der Waals surface area contributed by atoms with E-state index >= 15 is 0 Å². The summed E-state index contributed by atoms with van der Waals surface area (Å²) in [7, 11) is 0. The van der Waals surface area contributed by atoms with Crippen molar-refractivity contribution in [3.8, 4) is 0 Å². The minimum Gasteiger partial charge on any atom is -0.370 e. The van der Waals surface area contributed by atoms with Gasteiger partial charge in [0.2, 0.25) is 5.91 Å². The third kappa shape index (κ3) is 4.68. The SMILES string of the molecule is CCCNc1cc(NC(C(N)=O)C(C)C)nc(CC)n1. The van der Waals surface area contributed by atoms with Gasteiger partial charge >= 0.3 is 0 Å². The van der Waals surface area contributed by atoms with Crippen LogP contribution in [-0.2, 0) is 11.2 Å². The molecule has 0 aliphatic heterocycles. The maximum atomic E-state index is 11.5. The Kier molecular flexibility index (Phi) is 6.21. The molecule has 6 heteroatoms. The van der Waals surface area contributed by atoms with Gasteiger partial charge in [-0.15, -0.1) is 0 Å². The van der Waals surface area contributed by atoms with Gasteiger partial charge in [0.15, 0.2) is 0 Å². The van der Waals surface area contributed by atoms with E-state index in [1.165, 1.54) is 0 Å². The molecule has 1 amide bonds. The Bertz CT molecular complexity index is 447. The molecule has 4 N–H and O–H groups in total. The number of rotatable bonds is 8. The highest BCUT2D eigenvalue weighted by Crippen LogP contribution is 2.15. The maximum Gasteiger partial charge on any atom is 0.240 e. The molecule has 6 nitrogen and oxygen atoms in total. The Morgan fingerprint density at radius 1 is 1.30 bits per heavy atom. The molecule has 0 saturated carbocycles. The predicted octanol–water partition coefficient (Wildman–Crippen LogP) is 1.78. The van der Waals surface area contributed by atoms with E-state index in [1.807, 2.05) is 26.8 Å². The van der Waals surface area contributed by atoms with Crippen LogP contribution in [0.2, 0.25) is 0 Å². The molecular formula is C14H25N5O. The molecule has 1 aromatic heterocycles. The third-order valence-corrected chi connectivity index (χ3v) is 2.92. The zero-order valence-corrected chi connectivity index (χ0v) is 12.7. The number of anilines is 2. The van der Waals surface area contributed by atoms with E-state index in [0.29, 0.717) is 5.82 Å². The molecule has 1 unspecified atom stereocenters. The zero-order valence-electron chi connectivity index (χ0n) is 12.7. The van der Waals surface area contributed by atoms with Crippen molar-refractivity contribution in [2.75, 3.05) is 17.2 Å². The fourth-order valence-electron chi connectivity index (χ4n) is 1.80. The summed E-state index contributed by atoms with van der Waals surface area (Å²) >= 11 is 0. The number of nitrogens with zero attached hydrogens (tertiary/aromatic N) is 2. The van der Waals surface area contributed by atoms with E-state index in [1.54, 1.807) is 0 Å². The average Bonchev–Trinajstić information content (AvgIpc) is 2.41. The molecule has 0 spiro atoms. The van der Waals surface area contributed by atoms with Crippen LogP contribution in [0.25, 0.3) is 0 Å². The normalized spacial score (nSPS) is 12.2. The first-order chi connectivity index (χ1) is 9.47. The van der Waals surface area contributed by atoms with E-state index in [4.69, 9.17) is 5.73 Å². The quantitative estimate of drug-likeness (QED) is 0.674. The Hall–Kier alpha value is -1.85. The first-order valence-corrected chi connectivity index (χ1v) is 7.15. The number of aryl methyl sites for hydroxylation is 1. The number of carbonyl (C=O) groups excluding carboxylic acids is 1. The van der Waals surface area contributed by atoms with Crippen molar-refractivity contribution >= 4 is 17.5 Å². The highest BCUT2D eigenvalue weighted by atomic mass is 16.1. The van der Waals surface area contributed by atoms with Crippen LogP contribution < -0.4 is 16.4 Å². The Morgan fingerprint density at radius 2 is 1.95 bits per heavy atom. The molecule has 0 saturated heterocycles. The summed E-state index contributed by atoms with van der Waals surface area (Å²) in [5, 5.41) is 6.34. The van der Waals surface area contributed by atoms with Gasteiger partial charge in [-0.05, 0) is 12.3 Å². The Labute approximate surface area is 120 Å². The lowest BCUT2D eigenvalue weighted by molar-refractivity contribution is -0.119. The lowest BCUT2D eigenvalue weighted by atomic mass is 10.0. The number of nitrogens with one attached hydrogen (secondary N) is 2. The number of amides is 1. The van der Waals surface area contributed by atoms with Crippen molar-refractivity contribution in [3.05, 3.63) is 11.9 Å². The minimum absolute atomic E-state index is 0.0968. The second kappa shape index (κ2) is 7.67.